The van der Waals surface area contributed by atoms with Crippen LogP contribution >= 0.6 is 0 Å². The first-order valence-electron chi connectivity index (χ1n) is 8.87. The van der Waals surface area contributed by atoms with Gasteiger partial charge in [-0.3, -0.25) is 4.79 Å². The molecule has 0 aromatic carbocycles. The summed E-state index contributed by atoms with van der Waals surface area (Å²) in [5, 5.41) is 32.5. The Labute approximate surface area is 145 Å². The summed E-state index contributed by atoms with van der Waals surface area (Å²) in [5.41, 5.74) is -1.04. The lowest BCUT2D eigenvalue weighted by Crippen LogP contribution is -2.69. The van der Waals surface area contributed by atoms with Gasteiger partial charge in [0.25, 0.3) is 0 Å². The number of fused-ring (bicyclic) bond motifs is 1. The van der Waals surface area contributed by atoms with E-state index in [1.807, 2.05) is 19.1 Å². The number of aliphatic hydroxyl groups excluding tert-OH is 2. The fraction of sp³-hybridized carbons (Fsp3) is 0.750. The zero-order valence-corrected chi connectivity index (χ0v) is 15.5. The molecule has 0 bridgehead atoms. The van der Waals surface area contributed by atoms with Gasteiger partial charge in [-0.15, -0.1) is 0 Å². The number of carbonyl (C=O) groups excluding carboxylic acids is 1. The molecule has 0 radical (unpaired) electrons. The van der Waals surface area contributed by atoms with Crippen molar-refractivity contribution < 1.29 is 20.1 Å². The van der Waals surface area contributed by atoms with E-state index in [4.69, 9.17) is 0 Å². The standard InChI is InChI=1S/C20H32O4/c1-13(9-12-21)7-8-14-19(4)11-6-10-18(2,3)16(19)15(22)17(23)20(14,5)24/h7-9,12,14-17,22-24H,6,10-11H2,1-5H3/b8-7+,13-9-/t14-,15-,16?,17+,19-,20+/m1/s1. The Morgan fingerprint density at radius 1 is 1.12 bits per heavy atom. The third-order valence-electron chi connectivity index (χ3n) is 6.58. The van der Waals surface area contributed by atoms with Crippen LogP contribution < -0.4 is 0 Å². The lowest BCUT2D eigenvalue weighted by Gasteiger charge is -2.63. The summed E-state index contributed by atoms with van der Waals surface area (Å²) in [5.74, 6) is -0.401. The van der Waals surface area contributed by atoms with Gasteiger partial charge in [0.15, 0.2) is 0 Å². The van der Waals surface area contributed by atoms with Crippen LogP contribution in [0.1, 0.15) is 53.9 Å². The van der Waals surface area contributed by atoms with Crippen molar-refractivity contribution in [3.8, 4) is 0 Å². The summed E-state index contributed by atoms with van der Waals surface area (Å²) >= 11 is 0. The first-order chi connectivity index (χ1) is 11.0. The normalized spacial score (nSPS) is 45.9. The molecule has 24 heavy (non-hydrogen) atoms. The van der Waals surface area contributed by atoms with Crippen molar-refractivity contribution in [2.75, 3.05) is 0 Å². The van der Waals surface area contributed by atoms with E-state index in [0.29, 0.717) is 0 Å². The summed E-state index contributed by atoms with van der Waals surface area (Å²) in [6.45, 7) is 9.85. The maximum Gasteiger partial charge on any atom is 0.143 e. The van der Waals surface area contributed by atoms with Crippen LogP contribution in [-0.2, 0) is 4.79 Å². The zero-order valence-electron chi connectivity index (χ0n) is 15.5. The monoisotopic (exact) mass is 336 g/mol. The average molecular weight is 336 g/mol. The molecule has 2 rings (SSSR count). The minimum Gasteiger partial charge on any atom is -0.390 e. The smallest absolute Gasteiger partial charge is 0.143 e. The molecule has 136 valence electrons. The molecular weight excluding hydrogens is 304 g/mol. The third-order valence-corrected chi connectivity index (χ3v) is 6.58. The van der Waals surface area contributed by atoms with Crippen molar-refractivity contribution in [2.24, 2.45) is 22.7 Å². The van der Waals surface area contributed by atoms with Crippen LogP contribution in [-0.4, -0.2) is 39.4 Å². The van der Waals surface area contributed by atoms with Gasteiger partial charge in [-0.2, -0.15) is 0 Å². The van der Waals surface area contributed by atoms with E-state index in [2.05, 4.69) is 20.8 Å². The molecular formula is C20H32O4. The summed E-state index contributed by atoms with van der Waals surface area (Å²) < 4.78 is 0. The van der Waals surface area contributed by atoms with E-state index in [9.17, 15) is 20.1 Å². The van der Waals surface area contributed by atoms with Gasteiger partial charge in [0.1, 0.15) is 12.4 Å². The Balaban J connectivity index is 2.52. The van der Waals surface area contributed by atoms with Gasteiger partial charge >= 0.3 is 0 Å². The van der Waals surface area contributed by atoms with Crippen LogP contribution in [0.25, 0.3) is 0 Å². The molecule has 0 aromatic heterocycles. The number of aldehydes is 1. The molecule has 0 aromatic rings. The first-order valence-corrected chi connectivity index (χ1v) is 8.87. The van der Waals surface area contributed by atoms with Gasteiger partial charge in [0, 0.05) is 5.92 Å². The summed E-state index contributed by atoms with van der Waals surface area (Å²) in [6.07, 6.45) is 6.75. The summed E-state index contributed by atoms with van der Waals surface area (Å²) in [4.78, 5) is 10.6. The van der Waals surface area contributed by atoms with Crippen LogP contribution in [0.3, 0.4) is 0 Å². The lowest BCUT2D eigenvalue weighted by molar-refractivity contribution is -0.255. The predicted octanol–water partition coefficient (Wildman–Crippen LogP) is 2.62. The lowest BCUT2D eigenvalue weighted by atomic mass is 9.44. The molecule has 1 unspecified atom stereocenters. The first kappa shape index (κ1) is 19.4. The van der Waals surface area contributed by atoms with Crippen LogP contribution in [0.4, 0.5) is 0 Å². The Morgan fingerprint density at radius 3 is 2.33 bits per heavy atom. The minimum absolute atomic E-state index is 0.0982. The highest BCUT2D eigenvalue weighted by atomic mass is 16.4. The van der Waals surface area contributed by atoms with Gasteiger partial charge in [-0.1, -0.05) is 39.3 Å². The van der Waals surface area contributed by atoms with Gasteiger partial charge < -0.3 is 15.3 Å². The molecule has 2 aliphatic rings. The van der Waals surface area contributed by atoms with E-state index in [-0.39, 0.29) is 22.7 Å². The van der Waals surface area contributed by atoms with Crippen LogP contribution in [0.2, 0.25) is 0 Å². The van der Waals surface area contributed by atoms with Gasteiger partial charge in [-0.05, 0) is 55.1 Å². The molecule has 6 atom stereocenters. The fourth-order valence-electron chi connectivity index (χ4n) is 5.53. The fourth-order valence-corrected chi connectivity index (χ4v) is 5.53. The SMILES string of the molecule is CC(=C/C=O)/C=C/[C@H]1[C@](C)(O)[C@@H](O)[C@H](O)C2C(C)(C)CCC[C@@]21C. The molecule has 0 spiro atoms. The Bertz CT molecular complexity index is 546. The van der Waals surface area contributed by atoms with Gasteiger partial charge in [0.05, 0.1) is 11.7 Å². The second kappa shape index (κ2) is 6.40. The molecule has 4 heteroatoms. The highest BCUT2D eigenvalue weighted by Gasteiger charge is 2.64. The van der Waals surface area contributed by atoms with Crippen molar-refractivity contribution in [3.63, 3.8) is 0 Å². The number of allylic oxidation sites excluding steroid dienone is 3. The second-order valence-corrected chi connectivity index (χ2v) is 8.87. The van der Waals surface area contributed by atoms with Crippen molar-refractivity contribution in [1.29, 1.82) is 0 Å². The van der Waals surface area contributed by atoms with E-state index in [0.717, 1.165) is 31.1 Å². The van der Waals surface area contributed by atoms with Crippen LogP contribution in [0, 0.1) is 22.7 Å². The number of rotatable bonds is 3. The molecule has 3 N–H and O–H groups in total. The van der Waals surface area contributed by atoms with E-state index in [1.165, 1.54) is 6.08 Å². The van der Waals surface area contributed by atoms with Crippen LogP contribution in [0.15, 0.2) is 23.8 Å². The second-order valence-electron chi connectivity index (χ2n) is 8.87. The van der Waals surface area contributed by atoms with Crippen LogP contribution in [0.5, 0.6) is 0 Å². The largest absolute Gasteiger partial charge is 0.390 e. The molecule has 0 heterocycles. The van der Waals surface area contributed by atoms with E-state index < -0.39 is 17.8 Å². The summed E-state index contributed by atoms with van der Waals surface area (Å²) in [7, 11) is 0. The molecule has 2 saturated carbocycles. The number of carbonyl (C=O) groups is 1. The molecule has 4 nitrogen and oxygen atoms in total. The summed E-state index contributed by atoms with van der Waals surface area (Å²) in [6, 6.07) is 0. The van der Waals surface area contributed by atoms with Crippen molar-refractivity contribution in [3.05, 3.63) is 23.8 Å². The maximum atomic E-state index is 11.0. The topological polar surface area (TPSA) is 77.8 Å². The minimum atomic E-state index is -1.42. The van der Waals surface area contributed by atoms with Crippen molar-refractivity contribution in [1.82, 2.24) is 0 Å². The molecule has 0 saturated heterocycles. The number of hydrogen-bond acceptors (Lipinski definition) is 4. The third kappa shape index (κ3) is 3.00. The van der Waals surface area contributed by atoms with Gasteiger partial charge in [-0.25, -0.2) is 0 Å². The molecule has 0 aliphatic heterocycles. The highest BCUT2D eigenvalue weighted by Crippen LogP contribution is 2.62. The molecule has 0 amide bonds. The van der Waals surface area contributed by atoms with Crippen molar-refractivity contribution >= 4 is 6.29 Å². The van der Waals surface area contributed by atoms with E-state index in [1.54, 1.807) is 6.92 Å². The Hall–Kier alpha value is -0.970. The quantitative estimate of drug-likeness (QED) is 0.421. The average Bonchev–Trinajstić information content (AvgIpc) is 2.44. The number of aliphatic hydroxyl groups is 3. The number of hydrogen-bond donors (Lipinski definition) is 3. The van der Waals surface area contributed by atoms with Gasteiger partial charge in [0.2, 0.25) is 0 Å². The molecule has 2 fully saturated rings. The Morgan fingerprint density at radius 2 is 1.75 bits per heavy atom. The highest BCUT2D eigenvalue weighted by molar-refractivity contribution is 5.66. The predicted molar refractivity (Wildman–Crippen MR) is 94.3 cm³/mol. The molecule has 2 aliphatic carbocycles. The van der Waals surface area contributed by atoms with E-state index >= 15 is 0 Å². The Kier molecular flexibility index (Phi) is 5.16. The van der Waals surface area contributed by atoms with Crippen molar-refractivity contribution in [2.45, 2.75) is 71.7 Å². The zero-order chi connectivity index (χ0) is 18.3. The maximum absolute atomic E-state index is 11.0.